The van der Waals surface area contributed by atoms with E-state index in [-0.39, 0.29) is 30.1 Å². The number of hydrogen-bond acceptors (Lipinski definition) is 6. The molecule has 5 rings (SSSR count). The van der Waals surface area contributed by atoms with Crippen LogP contribution in [0, 0.1) is 5.92 Å². The van der Waals surface area contributed by atoms with E-state index in [0.717, 1.165) is 16.3 Å². The van der Waals surface area contributed by atoms with Gasteiger partial charge in [-0.05, 0) is 23.6 Å². The zero-order valence-corrected chi connectivity index (χ0v) is 18.2. The van der Waals surface area contributed by atoms with E-state index in [4.69, 9.17) is 0 Å². The molecule has 2 aromatic heterocycles. The number of nitrogens with one attached hydrogen (secondary N) is 1. The molecule has 31 heavy (non-hydrogen) atoms. The number of amides is 3. The molecule has 0 bridgehead atoms. The summed E-state index contributed by atoms with van der Waals surface area (Å²) < 4.78 is 0. The second kappa shape index (κ2) is 8.24. The predicted octanol–water partition coefficient (Wildman–Crippen LogP) is 3.39. The highest BCUT2D eigenvalue weighted by Crippen LogP contribution is 2.31. The van der Waals surface area contributed by atoms with Gasteiger partial charge in [0, 0.05) is 36.5 Å². The highest BCUT2D eigenvalue weighted by Gasteiger charge is 2.38. The number of rotatable bonds is 4. The minimum absolute atomic E-state index is 0.00926. The first-order valence-electron chi connectivity index (χ1n) is 10.1. The van der Waals surface area contributed by atoms with Crippen molar-refractivity contribution in [3.8, 4) is 0 Å². The summed E-state index contributed by atoms with van der Waals surface area (Å²) >= 11 is 2.80. The number of aromatic nitrogens is 1. The number of hydrogen-bond donors (Lipinski definition) is 1. The number of carbonyl (C=O) groups excluding carboxylic acids is 3. The first-order chi connectivity index (χ1) is 15.1. The van der Waals surface area contributed by atoms with Gasteiger partial charge in [0.05, 0.1) is 23.0 Å². The van der Waals surface area contributed by atoms with Gasteiger partial charge in [-0.2, -0.15) is 0 Å². The fourth-order valence-electron chi connectivity index (χ4n) is 3.99. The van der Waals surface area contributed by atoms with Crippen LogP contribution in [0.5, 0.6) is 0 Å². The van der Waals surface area contributed by atoms with Gasteiger partial charge in [-0.15, -0.1) is 11.3 Å². The van der Waals surface area contributed by atoms with Crippen molar-refractivity contribution < 1.29 is 14.4 Å². The third kappa shape index (κ3) is 3.98. The highest BCUT2D eigenvalue weighted by atomic mass is 32.1. The predicted molar refractivity (Wildman–Crippen MR) is 120 cm³/mol. The minimum Gasteiger partial charge on any atom is -0.337 e. The Morgan fingerprint density at radius 3 is 2.74 bits per heavy atom. The van der Waals surface area contributed by atoms with Crippen molar-refractivity contribution in [2.75, 3.05) is 23.3 Å². The van der Waals surface area contributed by atoms with E-state index >= 15 is 0 Å². The number of nitrogens with zero attached hydrogens (tertiary/aromatic N) is 3. The second-order valence-corrected chi connectivity index (χ2v) is 9.60. The third-order valence-electron chi connectivity index (χ3n) is 5.55. The van der Waals surface area contributed by atoms with Gasteiger partial charge < -0.3 is 9.80 Å². The lowest BCUT2D eigenvalue weighted by molar-refractivity contribution is -0.136. The SMILES string of the molecule is O=C(Nc1nc2c(s1)CN(C(=O)C1CC(=O)N(c3ccccc3)C1)CC2)c1cccs1. The molecular formula is C22H20N4O3S2. The van der Waals surface area contributed by atoms with Crippen LogP contribution in [0.1, 0.15) is 26.7 Å². The molecule has 1 saturated heterocycles. The van der Waals surface area contributed by atoms with Crippen molar-refractivity contribution in [3.05, 3.63) is 63.3 Å². The summed E-state index contributed by atoms with van der Waals surface area (Å²) in [5.41, 5.74) is 1.77. The van der Waals surface area contributed by atoms with Crippen LogP contribution in [0.15, 0.2) is 47.8 Å². The zero-order valence-electron chi connectivity index (χ0n) is 16.6. The van der Waals surface area contributed by atoms with Gasteiger partial charge >= 0.3 is 0 Å². The van der Waals surface area contributed by atoms with Crippen molar-refractivity contribution in [2.24, 2.45) is 5.92 Å². The average molecular weight is 453 g/mol. The Hall–Kier alpha value is -3.04. The summed E-state index contributed by atoms with van der Waals surface area (Å²) in [6.07, 6.45) is 0.886. The van der Waals surface area contributed by atoms with E-state index in [1.807, 2.05) is 46.7 Å². The van der Waals surface area contributed by atoms with Crippen molar-refractivity contribution in [1.82, 2.24) is 9.88 Å². The Balaban J connectivity index is 1.24. The molecule has 1 atom stereocenters. The standard InChI is InChI=1S/C22H20N4O3S2/c27-19-11-14(12-26(19)15-5-2-1-3-6-15)21(29)25-9-8-16-18(13-25)31-22(23-16)24-20(28)17-7-4-10-30-17/h1-7,10,14H,8-9,11-13H2,(H,23,24,28). The highest BCUT2D eigenvalue weighted by molar-refractivity contribution is 7.16. The van der Waals surface area contributed by atoms with E-state index in [1.54, 1.807) is 11.0 Å². The van der Waals surface area contributed by atoms with Gasteiger partial charge in [0.1, 0.15) is 0 Å². The van der Waals surface area contributed by atoms with Crippen molar-refractivity contribution in [2.45, 2.75) is 19.4 Å². The summed E-state index contributed by atoms with van der Waals surface area (Å²) in [6.45, 7) is 1.45. The normalized spacial score (nSPS) is 18.2. The number of anilines is 2. The van der Waals surface area contributed by atoms with E-state index in [0.29, 0.717) is 36.1 Å². The average Bonchev–Trinajstić information content (AvgIpc) is 3.52. The molecule has 3 aromatic rings. The van der Waals surface area contributed by atoms with Crippen molar-refractivity contribution in [1.29, 1.82) is 0 Å². The molecule has 0 spiro atoms. The van der Waals surface area contributed by atoms with Gasteiger partial charge in [0.25, 0.3) is 5.91 Å². The molecule has 0 radical (unpaired) electrons. The lowest BCUT2D eigenvalue weighted by Gasteiger charge is -2.28. The maximum Gasteiger partial charge on any atom is 0.267 e. The van der Waals surface area contributed by atoms with Crippen LogP contribution in [-0.2, 0) is 22.6 Å². The Kier molecular flexibility index (Phi) is 5.29. The summed E-state index contributed by atoms with van der Waals surface area (Å²) in [5.74, 6) is -0.506. The fraction of sp³-hybridized carbons (Fsp3) is 0.273. The van der Waals surface area contributed by atoms with E-state index in [1.165, 1.54) is 22.7 Å². The summed E-state index contributed by atoms with van der Waals surface area (Å²) in [7, 11) is 0. The van der Waals surface area contributed by atoms with Crippen LogP contribution in [0.2, 0.25) is 0 Å². The molecule has 7 nitrogen and oxygen atoms in total. The first-order valence-corrected chi connectivity index (χ1v) is 11.8. The van der Waals surface area contributed by atoms with Gasteiger partial charge in [-0.3, -0.25) is 19.7 Å². The van der Waals surface area contributed by atoms with Crippen molar-refractivity contribution >= 4 is 51.2 Å². The van der Waals surface area contributed by atoms with Crippen LogP contribution in [0.3, 0.4) is 0 Å². The molecule has 0 saturated carbocycles. The molecule has 9 heteroatoms. The molecule has 2 aliphatic rings. The Labute approximate surface area is 187 Å². The van der Waals surface area contributed by atoms with E-state index in [9.17, 15) is 14.4 Å². The molecule has 1 fully saturated rings. The molecule has 2 aliphatic heterocycles. The van der Waals surface area contributed by atoms with Gasteiger partial charge in [0.15, 0.2) is 5.13 Å². The van der Waals surface area contributed by atoms with Crippen LogP contribution in [-0.4, -0.2) is 40.7 Å². The minimum atomic E-state index is -0.333. The Morgan fingerprint density at radius 1 is 1.13 bits per heavy atom. The largest absolute Gasteiger partial charge is 0.337 e. The number of thiazole rings is 1. The molecule has 1 aromatic carbocycles. The maximum absolute atomic E-state index is 13.1. The van der Waals surface area contributed by atoms with E-state index in [2.05, 4.69) is 10.3 Å². The first kappa shape index (κ1) is 19.9. The lowest BCUT2D eigenvalue weighted by Crippen LogP contribution is -2.40. The molecule has 158 valence electrons. The van der Waals surface area contributed by atoms with Gasteiger partial charge in [0.2, 0.25) is 11.8 Å². The van der Waals surface area contributed by atoms with Gasteiger partial charge in [-0.25, -0.2) is 4.98 Å². The number of fused-ring (bicyclic) bond motifs is 1. The second-order valence-electron chi connectivity index (χ2n) is 7.57. The fourth-order valence-corrected chi connectivity index (χ4v) is 5.63. The summed E-state index contributed by atoms with van der Waals surface area (Å²) in [5, 5.41) is 5.27. The van der Waals surface area contributed by atoms with Crippen molar-refractivity contribution in [3.63, 3.8) is 0 Å². The lowest BCUT2D eigenvalue weighted by atomic mass is 10.1. The summed E-state index contributed by atoms with van der Waals surface area (Å²) in [6, 6.07) is 13.1. The molecule has 1 unspecified atom stereocenters. The van der Waals surface area contributed by atoms with Crippen LogP contribution in [0.4, 0.5) is 10.8 Å². The number of benzene rings is 1. The smallest absolute Gasteiger partial charge is 0.267 e. The monoisotopic (exact) mass is 452 g/mol. The third-order valence-corrected chi connectivity index (χ3v) is 7.42. The van der Waals surface area contributed by atoms with Crippen LogP contribution >= 0.6 is 22.7 Å². The number of thiophene rings is 1. The molecule has 1 N–H and O–H groups in total. The number of carbonyl (C=O) groups is 3. The summed E-state index contributed by atoms with van der Waals surface area (Å²) in [4.78, 5) is 47.6. The quantitative estimate of drug-likeness (QED) is 0.658. The molecule has 4 heterocycles. The molecule has 3 amide bonds. The zero-order chi connectivity index (χ0) is 21.4. The Bertz CT molecular complexity index is 1130. The van der Waals surface area contributed by atoms with Crippen LogP contribution in [0.25, 0.3) is 0 Å². The van der Waals surface area contributed by atoms with Gasteiger partial charge in [-0.1, -0.05) is 35.6 Å². The number of para-hydroxylation sites is 1. The maximum atomic E-state index is 13.1. The molecule has 0 aliphatic carbocycles. The molecular weight excluding hydrogens is 432 g/mol. The topological polar surface area (TPSA) is 82.6 Å². The van der Waals surface area contributed by atoms with E-state index < -0.39 is 0 Å². The Morgan fingerprint density at radius 2 is 1.97 bits per heavy atom. The van der Waals surface area contributed by atoms with Crippen LogP contribution < -0.4 is 10.2 Å².